The van der Waals surface area contributed by atoms with Gasteiger partial charge in [0.25, 0.3) is 0 Å². The van der Waals surface area contributed by atoms with Crippen molar-refractivity contribution in [3.63, 3.8) is 0 Å². The molecule has 0 radical (unpaired) electrons. The van der Waals surface area contributed by atoms with E-state index in [9.17, 15) is 4.79 Å². The van der Waals surface area contributed by atoms with Crippen molar-refractivity contribution in [3.8, 4) is 0 Å². The van der Waals surface area contributed by atoms with E-state index in [0.29, 0.717) is 6.42 Å². The number of pyridine rings is 1. The Kier molecular flexibility index (Phi) is 2.97. The Morgan fingerprint density at radius 3 is 2.75 bits per heavy atom. The van der Waals surface area contributed by atoms with E-state index >= 15 is 0 Å². The first-order chi connectivity index (χ1) is 5.70. The van der Waals surface area contributed by atoms with E-state index in [2.05, 4.69) is 4.98 Å². The Labute approximate surface area is 72.6 Å². The summed E-state index contributed by atoms with van der Waals surface area (Å²) in [7, 11) is 0. The van der Waals surface area contributed by atoms with Crippen LogP contribution in [0, 0.1) is 5.92 Å². The summed E-state index contributed by atoms with van der Waals surface area (Å²) in [5, 5.41) is 0. The highest BCUT2D eigenvalue weighted by molar-refractivity contribution is 5.82. The lowest BCUT2D eigenvalue weighted by molar-refractivity contribution is -0.121. The normalized spacial score (nSPS) is 10.2. The summed E-state index contributed by atoms with van der Waals surface area (Å²) in [6, 6.07) is 5.62. The van der Waals surface area contributed by atoms with Gasteiger partial charge in [-0.1, -0.05) is 19.9 Å². The molecule has 0 amide bonds. The second-order valence-corrected chi connectivity index (χ2v) is 3.12. The Morgan fingerprint density at radius 2 is 2.25 bits per heavy atom. The van der Waals surface area contributed by atoms with Crippen molar-refractivity contribution in [2.24, 2.45) is 5.92 Å². The molecule has 0 aliphatic heterocycles. The van der Waals surface area contributed by atoms with Crippen molar-refractivity contribution in [3.05, 3.63) is 30.1 Å². The number of aromatic nitrogens is 1. The minimum atomic E-state index is 0.104. The predicted octanol–water partition coefficient (Wildman–Crippen LogP) is 1.85. The molecule has 1 aromatic heterocycles. The summed E-state index contributed by atoms with van der Waals surface area (Å²) >= 11 is 0. The van der Waals surface area contributed by atoms with Gasteiger partial charge in [-0.25, -0.2) is 0 Å². The molecule has 0 aliphatic rings. The number of carbonyl (C=O) groups excluding carboxylic acids is 1. The van der Waals surface area contributed by atoms with Gasteiger partial charge in [-0.15, -0.1) is 0 Å². The van der Waals surface area contributed by atoms with Crippen LogP contribution in [0.5, 0.6) is 0 Å². The number of hydrogen-bond donors (Lipinski definition) is 0. The van der Waals surface area contributed by atoms with Crippen LogP contribution >= 0.6 is 0 Å². The van der Waals surface area contributed by atoms with Crippen molar-refractivity contribution in [2.45, 2.75) is 20.3 Å². The lowest BCUT2D eigenvalue weighted by atomic mass is 10.0. The molecule has 1 heterocycles. The highest BCUT2D eigenvalue weighted by atomic mass is 16.1. The maximum atomic E-state index is 11.3. The van der Waals surface area contributed by atoms with Crippen LogP contribution in [0.3, 0.4) is 0 Å². The molecule has 0 aromatic carbocycles. The summed E-state index contributed by atoms with van der Waals surface area (Å²) in [5.41, 5.74) is 0.858. The number of carbonyl (C=O) groups is 1. The molecule has 0 spiro atoms. The van der Waals surface area contributed by atoms with E-state index in [0.717, 1.165) is 5.69 Å². The summed E-state index contributed by atoms with van der Waals surface area (Å²) in [6.07, 6.45) is 2.17. The standard InChI is InChI=1S/C10H13NO/c1-8(2)10(12)7-9-5-3-4-6-11-9/h3-6,8H,7H2,1-2H3. The third-order valence-corrected chi connectivity index (χ3v) is 1.73. The van der Waals surface area contributed by atoms with Gasteiger partial charge >= 0.3 is 0 Å². The van der Waals surface area contributed by atoms with Gasteiger partial charge < -0.3 is 0 Å². The van der Waals surface area contributed by atoms with E-state index in [1.807, 2.05) is 32.0 Å². The fourth-order valence-electron chi connectivity index (χ4n) is 0.885. The second kappa shape index (κ2) is 4.00. The average Bonchev–Trinajstić information content (AvgIpc) is 2.06. The molecule has 0 bridgehead atoms. The van der Waals surface area contributed by atoms with E-state index in [1.165, 1.54) is 0 Å². The molecule has 64 valence electrons. The number of ketones is 1. The SMILES string of the molecule is CC(C)C(=O)Cc1ccccn1. The molecule has 0 unspecified atom stereocenters. The fourth-order valence-corrected chi connectivity index (χ4v) is 0.885. The van der Waals surface area contributed by atoms with E-state index in [-0.39, 0.29) is 11.7 Å². The largest absolute Gasteiger partial charge is 0.299 e. The van der Waals surface area contributed by atoms with Crippen LogP contribution in [0.25, 0.3) is 0 Å². The van der Waals surface area contributed by atoms with Crippen LogP contribution in [0.1, 0.15) is 19.5 Å². The fraction of sp³-hybridized carbons (Fsp3) is 0.400. The molecule has 0 fully saturated rings. The molecule has 2 heteroatoms. The van der Waals surface area contributed by atoms with Gasteiger partial charge in [0.1, 0.15) is 5.78 Å². The van der Waals surface area contributed by atoms with E-state index in [4.69, 9.17) is 0 Å². The van der Waals surface area contributed by atoms with Crippen molar-refractivity contribution in [2.75, 3.05) is 0 Å². The molecule has 0 N–H and O–H groups in total. The van der Waals surface area contributed by atoms with Gasteiger partial charge in [0.2, 0.25) is 0 Å². The molecule has 0 atom stereocenters. The third kappa shape index (κ3) is 2.46. The Morgan fingerprint density at radius 1 is 1.50 bits per heavy atom. The van der Waals surface area contributed by atoms with Crippen LogP contribution < -0.4 is 0 Å². The molecular formula is C10H13NO. The van der Waals surface area contributed by atoms with Crippen LogP contribution in [0.2, 0.25) is 0 Å². The van der Waals surface area contributed by atoms with E-state index in [1.54, 1.807) is 6.20 Å². The first-order valence-corrected chi connectivity index (χ1v) is 4.13. The number of hydrogen-bond acceptors (Lipinski definition) is 2. The summed E-state index contributed by atoms with van der Waals surface area (Å²) in [4.78, 5) is 15.4. The van der Waals surface area contributed by atoms with Gasteiger partial charge in [-0.3, -0.25) is 9.78 Å². The molecule has 1 aromatic rings. The van der Waals surface area contributed by atoms with E-state index < -0.39 is 0 Å². The topological polar surface area (TPSA) is 30.0 Å². The molecular weight excluding hydrogens is 150 g/mol. The quantitative estimate of drug-likeness (QED) is 0.680. The molecule has 12 heavy (non-hydrogen) atoms. The van der Waals surface area contributed by atoms with Gasteiger partial charge in [-0.05, 0) is 12.1 Å². The zero-order chi connectivity index (χ0) is 8.97. The molecule has 1 rings (SSSR count). The molecule has 0 saturated heterocycles. The zero-order valence-corrected chi connectivity index (χ0v) is 7.45. The van der Waals surface area contributed by atoms with Gasteiger partial charge in [0.05, 0.1) is 0 Å². The third-order valence-electron chi connectivity index (χ3n) is 1.73. The summed E-state index contributed by atoms with van der Waals surface area (Å²) < 4.78 is 0. The lowest BCUT2D eigenvalue weighted by Gasteiger charge is -2.02. The Hall–Kier alpha value is -1.18. The average molecular weight is 163 g/mol. The Balaban J connectivity index is 2.59. The highest BCUT2D eigenvalue weighted by Gasteiger charge is 2.07. The van der Waals surface area contributed by atoms with Crippen molar-refractivity contribution < 1.29 is 4.79 Å². The lowest BCUT2D eigenvalue weighted by Crippen LogP contribution is -2.10. The molecule has 2 nitrogen and oxygen atoms in total. The number of rotatable bonds is 3. The first-order valence-electron chi connectivity index (χ1n) is 4.13. The Bertz CT molecular complexity index is 254. The zero-order valence-electron chi connectivity index (χ0n) is 7.45. The number of nitrogens with zero attached hydrogens (tertiary/aromatic N) is 1. The van der Waals surface area contributed by atoms with Crippen LogP contribution in [-0.4, -0.2) is 10.8 Å². The first kappa shape index (κ1) is 8.91. The van der Waals surface area contributed by atoms with Crippen molar-refractivity contribution >= 4 is 5.78 Å². The van der Waals surface area contributed by atoms with Crippen molar-refractivity contribution in [1.29, 1.82) is 0 Å². The van der Waals surface area contributed by atoms with Crippen molar-refractivity contribution in [1.82, 2.24) is 4.98 Å². The van der Waals surface area contributed by atoms with Crippen LogP contribution in [0.4, 0.5) is 0 Å². The van der Waals surface area contributed by atoms with Crippen LogP contribution in [0.15, 0.2) is 24.4 Å². The molecule has 0 saturated carbocycles. The summed E-state index contributed by atoms with van der Waals surface area (Å²) in [6.45, 7) is 3.82. The van der Waals surface area contributed by atoms with Gasteiger partial charge in [0.15, 0.2) is 0 Å². The number of Topliss-reactive ketones (excluding diaryl/α,β-unsaturated/α-hetero) is 1. The predicted molar refractivity (Wildman–Crippen MR) is 47.8 cm³/mol. The second-order valence-electron chi connectivity index (χ2n) is 3.12. The molecule has 0 aliphatic carbocycles. The van der Waals surface area contributed by atoms with Gasteiger partial charge in [0, 0.05) is 24.2 Å². The monoisotopic (exact) mass is 163 g/mol. The highest BCUT2D eigenvalue weighted by Crippen LogP contribution is 2.01. The minimum Gasteiger partial charge on any atom is -0.299 e. The van der Waals surface area contributed by atoms with Gasteiger partial charge in [-0.2, -0.15) is 0 Å². The minimum absolute atomic E-state index is 0.104. The maximum absolute atomic E-state index is 11.3. The summed E-state index contributed by atoms with van der Waals surface area (Å²) in [5.74, 6) is 0.348. The van der Waals surface area contributed by atoms with Crippen LogP contribution in [-0.2, 0) is 11.2 Å². The smallest absolute Gasteiger partial charge is 0.141 e. The maximum Gasteiger partial charge on any atom is 0.141 e.